The molecule has 328 valence electrons. The summed E-state index contributed by atoms with van der Waals surface area (Å²) < 4.78 is 48.7. The summed E-state index contributed by atoms with van der Waals surface area (Å²) in [5, 5.41) is 12.5. The Labute approximate surface area is 361 Å². The van der Waals surface area contributed by atoms with Crippen LogP contribution in [-0.2, 0) is 26.0 Å². The Balaban J connectivity index is 0.788. The van der Waals surface area contributed by atoms with E-state index in [2.05, 4.69) is 36.1 Å². The first-order valence-corrected chi connectivity index (χ1v) is 22.8. The fraction of sp³-hybridized carbons (Fsp3) is 0.444. The largest absolute Gasteiger partial charge is 0.382 e. The molecule has 3 amide bonds. The molecule has 2 saturated heterocycles. The summed E-state index contributed by atoms with van der Waals surface area (Å²) in [5.41, 5.74) is 5.48. The fourth-order valence-electron chi connectivity index (χ4n) is 8.60. The maximum atomic E-state index is 15.6. The van der Waals surface area contributed by atoms with Crippen molar-refractivity contribution in [1.29, 1.82) is 0 Å². The van der Waals surface area contributed by atoms with Crippen LogP contribution < -0.4 is 25.6 Å². The Kier molecular flexibility index (Phi) is 12.2. The lowest BCUT2D eigenvalue weighted by atomic mass is 9.89. The average molecular weight is 868 g/mol. The van der Waals surface area contributed by atoms with Crippen molar-refractivity contribution in [3.8, 4) is 0 Å². The third-order valence-electron chi connectivity index (χ3n) is 12.1. The number of rotatable bonds is 14. The Morgan fingerprint density at radius 2 is 1.71 bits per heavy atom. The lowest BCUT2D eigenvalue weighted by Crippen LogP contribution is -2.52. The van der Waals surface area contributed by atoms with Gasteiger partial charge in [-0.2, -0.15) is 4.98 Å². The molecule has 4 N–H and O–H groups in total. The molecule has 4 aliphatic heterocycles. The molecule has 5 heterocycles. The Bertz CT molecular complexity index is 2490. The number of aryl methyl sites for hydroxylation is 1. The molecule has 4 aromatic rings. The van der Waals surface area contributed by atoms with Gasteiger partial charge in [-0.05, 0) is 126 Å². The first-order valence-electron chi connectivity index (χ1n) is 21.3. The number of nitrogens with one attached hydrogen (secondary N) is 4. The number of amides is 3. The van der Waals surface area contributed by atoms with Crippen molar-refractivity contribution in [2.45, 2.75) is 76.5 Å². The maximum absolute atomic E-state index is 15.6. The number of nitrogens with zero attached hydrogens (tertiary/aromatic N) is 5. The predicted octanol–water partition coefficient (Wildman–Crippen LogP) is 6.08. The van der Waals surface area contributed by atoms with Gasteiger partial charge < -0.3 is 30.9 Å². The minimum Gasteiger partial charge on any atom is -0.382 e. The number of aromatic nitrogens is 2. The molecule has 2 fully saturated rings. The van der Waals surface area contributed by atoms with Gasteiger partial charge in [-0.25, -0.2) is 17.8 Å². The Hall–Kier alpha value is -5.65. The second-order valence-electron chi connectivity index (χ2n) is 17.3. The highest BCUT2D eigenvalue weighted by Crippen LogP contribution is 2.38. The molecule has 4 aliphatic rings. The highest BCUT2D eigenvalue weighted by molar-refractivity contribution is 7.94. The number of hydrogen-bond acceptors (Lipinski definition) is 12. The molecule has 1 atom stereocenters. The highest BCUT2D eigenvalue weighted by atomic mass is 32.2. The number of carbonyl (C=O) groups is 3. The van der Waals surface area contributed by atoms with Gasteiger partial charge in [0.1, 0.15) is 17.7 Å². The minimum absolute atomic E-state index is 0.0871. The molecule has 8 rings (SSSR count). The number of hydrogen-bond donors (Lipinski definition) is 4. The second-order valence-corrected chi connectivity index (χ2v) is 19.9. The number of fused-ring (bicyclic) bond motifs is 2. The van der Waals surface area contributed by atoms with Crippen LogP contribution in [0.5, 0.6) is 0 Å². The fourth-order valence-corrected chi connectivity index (χ4v) is 10.0. The van der Waals surface area contributed by atoms with Crippen molar-refractivity contribution in [2.24, 2.45) is 0 Å². The molecule has 0 bridgehead atoms. The number of anilines is 6. The SMILES string of the molecule is Cc1cnc(Nc2ccc(C3CCN(CCOCCNc4cccc5c4C(=O)N(C4CCCNC4=O)C5=O)CC3)c(F)c2)nc1Nc1ccc2c(c1)N(S(=O)(=O)C(C)(C)C)CC2. The maximum Gasteiger partial charge on any atom is 0.264 e. The zero-order chi connectivity index (χ0) is 43.8. The molecule has 0 aliphatic carbocycles. The van der Waals surface area contributed by atoms with Crippen molar-refractivity contribution in [3.63, 3.8) is 0 Å². The van der Waals surface area contributed by atoms with Crippen LogP contribution in [0, 0.1) is 12.7 Å². The molecule has 3 aromatic carbocycles. The monoisotopic (exact) mass is 867 g/mol. The third-order valence-corrected chi connectivity index (χ3v) is 14.7. The summed E-state index contributed by atoms with van der Waals surface area (Å²) in [4.78, 5) is 51.4. The topological polar surface area (TPSA) is 178 Å². The van der Waals surface area contributed by atoms with Crippen LogP contribution in [0.4, 0.5) is 38.9 Å². The summed E-state index contributed by atoms with van der Waals surface area (Å²) in [6.07, 6.45) is 5.12. The van der Waals surface area contributed by atoms with E-state index in [-0.39, 0.29) is 17.6 Å². The van der Waals surface area contributed by atoms with Crippen molar-refractivity contribution < 1.29 is 31.9 Å². The van der Waals surface area contributed by atoms with Gasteiger partial charge in [-0.1, -0.05) is 18.2 Å². The van der Waals surface area contributed by atoms with Gasteiger partial charge >= 0.3 is 0 Å². The van der Waals surface area contributed by atoms with Crippen LogP contribution >= 0.6 is 0 Å². The molecular formula is C45H54FN9O6S. The predicted molar refractivity (Wildman–Crippen MR) is 237 cm³/mol. The summed E-state index contributed by atoms with van der Waals surface area (Å²) in [6, 6.07) is 15.2. The minimum atomic E-state index is -3.56. The third kappa shape index (κ3) is 8.70. The van der Waals surface area contributed by atoms with Crippen LogP contribution in [0.3, 0.4) is 0 Å². The number of halogens is 1. The zero-order valence-electron chi connectivity index (χ0n) is 35.6. The average Bonchev–Trinajstić information content (AvgIpc) is 3.78. The van der Waals surface area contributed by atoms with Gasteiger partial charge in [-0.15, -0.1) is 0 Å². The first kappa shape index (κ1) is 43.0. The smallest absolute Gasteiger partial charge is 0.264 e. The first-order chi connectivity index (χ1) is 29.7. The molecule has 0 radical (unpaired) electrons. The summed E-state index contributed by atoms with van der Waals surface area (Å²) >= 11 is 0. The van der Waals surface area contributed by atoms with Crippen LogP contribution in [0.15, 0.2) is 60.8 Å². The number of carbonyl (C=O) groups excluding carboxylic acids is 3. The molecule has 0 saturated carbocycles. The lowest BCUT2D eigenvalue weighted by Gasteiger charge is -2.32. The van der Waals surface area contributed by atoms with Gasteiger partial charge in [0.15, 0.2) is 0 Å². The second kappa shape index (κ2) is 17.6. The van der Waals surface area contributed by atoms with E-state index in [9.17, 15) is 22.8 Å². The zero-order valence-corrected chi connectivity index (χ0v) is 36.4. The normalized spacial score (nSPS) is 18.5. The number of sulfonamides is 1. The van der Waals surface area contributed by atoms with Crippen LogP contribution in [0.1, 0.15) is 89.8 Å². The number of likely N-dealkylation sites (tertiary alicyclic amines) is 1. The summed E-state index contributed by atoms with van der Waals surface area (Å²) in [7, 11) is -3.56. The molecule has 1 unspecified atom stereocenters. The van der Waals surface area contributed by atoms with E-state index in [1.807, 2.05) is 37.3 Å². The van der Waals surface area contributed by atoms with E-state index in [1.54, 1.807) is 45.2 Å². The van der Waals surface area contributed by atoms with Gasteiger partial charge in [0.05, 0.1) is 34.8 Å². The molecule has 17 heteroatoms. The molecule has 62 heavy (non-hydrogen) atoms. The van der Waals surface area contributed by atoms with Crippen LogP contribution in [0.2, 0.25) is 0 Å². The number of ether oxygens (including phenoxy) is 1. The molecule has 0 spiro atoms. The van der Waals surface area contributed by atoms with E-state index >= 15 is 4.39 Å². The van der Waals surface area contributed by atoms with Crippen molar-refractivity contribution in [3.05, 3.63) is 94.4 Å². The van der Waals surface area contributed by atoms with E-state index in [1.165, 1.54) is 10.4 Å². The summed E-state index contributed by atoms with van der Waals surface area (Å²) in [6.45, 7) is 11.7. The van der Waals surface area contributed by atoms with E-state index < -0.39 is 32.6 Å². The van der Waals surface area contributed by atoms with Gasteiger partial charge in [0.25, 0.3) is 11.8 Å². The molecular weight excluding hydrogens is 814 g/mol. The standard InChI is InChI=1S/C45H54FN9O6S/c1-28-27-49-44(52-40(28)50-32-11-10-30-16-21-54(38(30)26-32)62(59,60)45(2,3)4)51-31-12-13-33(35(46)25-31)29-14-19-53(20-15-29)22-24-61-23-18-47-36-8-5-7-34-39(36)43(58)55(42(34)57)37-9-6-17-48-41(37)56/h5,7-8,10-13,25-27,29,37,47H,6,9,14-24H2,1-4H3,(H,48,56)(H2,49,50,51,52). The number of benzene rings is 3. The van der Waals surface area contributed by atoms with Gasteiger partial charge in [-0.3, -0.25) is 23.6 Å². The van der Waals surface area contributed by atoms with Crippen LogP contribution in [0.25, 0.3) is 0 Å². The quantitative estimate of drug-likeness (QED) is 0.0850. The highest BCUT2D eigenvalue weighted by Gasteiger charge is 2.45. The Morgan fingerprint density at radius 1 is 0.935 bits per heavy atom. The van der Waals surface area contributed by atoms with Crippen molar-refractivity contribution >= 4 is 62.3 Å². The van der Waals surface area contributed by atoms with Crippen LogP contribution in [-0.4, -0.2) is 109 Å². The van der Waals surface area contributed by atoms with Crippen molar-refractivity contribution in [2.75, 3.05) is 72.7 Å². The molecule has 1 aromatic heterocycles. The van der Waals surface area contributed by atoms with Gasteiger partial charge in [0.2, 0.25) is 21.9 Å². The lowest BCUT2D eigenvalue weighted by molar-refractivity contribution is -0.126. The van der Waals surface area contributed by atoms with E-state index in [4.69, 9.17) is 4.74 Å². The van der Waals surface area contributed by atoms with Gasteiger partial charge in [0, 0.05) is 55.0 Å². The van der Waals surface area contributed by atoms with Crippen molar-refractivity contribution in [1.82, 2.24) is 25.1 Å². The van der Waals surface area contributed by atoms with E-state index in [0.29, 0.717) is 103 Å². The Morgan fingerprint density at radius 3 is 2.47 bits per heavy atom. The van der Waals surface area contributed by atoms with E-state index in [0.717, 1.165) is 48.5 Å². The number of piperidine rings is 2. The number of imide groups is 1. The molecule has 15 nitrogen and oxygen atoms in total. The summed E-state index contributed by atoms with van der Waals surface area (Å²) in [5.74, 6) is -0.552.